The minimum atomic E-state index is -0.454. The van der Waals surface area contributed by atoms with Gasteiger partial charge in [0.2, 0.25) is 0 Å². The van der Waals surface area contributed by atoms with Gasteiger partial charge in [0.25, 0.3) is 5.91 Å². The van der Waals surface area contributed by atoms with Gasteiger partial charge in [0.05, 0.1) is 17.1 Å². The van der Waals surface area contributed by atoms with Crippen molar-refractivity contribution >= 4 is 16.8 Å². The summed E-state index contributed by atoms with van der Waals surface area (Å²) in [6.45, 7) is 1.70. The fourth-order valence-corrected chi connectivity index (χ4v) is 1.73. The summed E-state index contributed by atoms with van der Waals surface area (Å²) in [5.41, 5.74) is 1.35. The van der Waals surface area contributed by atoms with Crippen LogP contribution in [-0.2, 0) is 0 Å². The Morgan fingerprint density at radius 3 is 2.83 bits per heavy atom. The number of benzene rings is 1. The zero-order chi connectivity index (χ0) is 13.1. The zero-order valence-corrected chi connectivity index (χ0v) is 10.3. The molecule has 0 radical (unpaired) electrons. The number of hydrogen-bond acceptors (Lipinski definition) is 3. The van der Waals surface area contributed by atoms with Crippen molar-refractivity contribution in [3.05, 3.63) is 42.1 Å². The van der Waals surface area contributed by atoms with E-state index in [0.29, 0.717) is 5.56 Å². The predicted octanol–water partition coefficient (Wildman–Crippen LogP) is 2.22. The molecule has 1 heterocycles. The first-order valence-electron chi connectivity index (χ1n) is 5.65. The average Bonchev–Trinajstić information content (AvgIpc) is 2.44. The molecule has 0 N–H and O–H groups in total. The monoisotopic (exact) mass is 239 g/mol. The van der Waals surface area contributed by atoms with Crippen molar-refractivity contribution in [2.75, 3.05) is 7.05 Å². The van der Waals surface area contributed by atoms with Crippen LogP contribution in [0.5, 0.6) is 0 Å². The number of para-hydroxylation sites is 1. The van der Waals surface area contributed by atoms with Gasteiger partial charge in [0.15, 0.2) is 0 Å². The van der Waals surface area contributed by atoms with Gasteiger partial charge in [0, 0.05) is 18.6 Å². The fourth-order valence-electron chi connectivity index (χ4n) is 1.73. The maximum absolute atomic E-state index is 12.3. The SMILES string of the molecule is CC(C#N)N(C)C(=O)c1ccnc2ccccc12. The van der Waals surface area contributed by atoms with Crippen LogP contribution in [0.4, 0.5) is 0 Å². The van der Waals surface area contributed by atoms with Crippen LogP contribution in [0.15, 0.2) is 36.5 Å². The minimum absolute atomic E-state index is 0.164. The topological polar surface area (TPSA) is 57.0 Å². The second-order valence-corrected chi connectivity index (χ2v) is 4.10. The van der Waals surface area contributed by atoms with Crippen LogP contribution in [0.3, 0.4) is 0 Å². The molecule has 0 aliphatic heterocycles. The van der Waals surface area contributed by atoms with E-state index in [-0.39, 0.29) is 5.91 Å². The Hall–Kier alpha value is -2.41. The van der Waals surface area contributed by atoms with Crippen LogP contribution >= 0.6 is 0 Å². The summed E-state index contributed by atoms with van der Waals surface area (Å²) < 4.78 is 0. The van der Waals surface area contributed by atoms with Crippen molar-refractivity contribution in [1.82, 2.24) is 9.88 Å². The van der Waals surface area contributed by atoms with Crippen molar-refractivity contribution in [2.45, 2.75) is 13.0 Å². The summed E-state index contributed by atoms with van der Waals surface area (Å²) in [4.78, 5) is 18.0. The number of nitriles is 1. The normalized spacial score (nSPS) is 11.8. The first kappa shape index (κ1) is 12.1. The van der Waals surface area contributed by atoms with Gasteiger partial charge in [-0.25, -0.2) is 0 Å². The van der Waals surface area contributed by atoms with E-state index in [2.05, 4.69) is 11.1 Å². The molecule has 4 nitrogen and oxygen atoms in total. The summed E-state index contributed by atoms with van der Waals surface area (Å²) in [6, 6.07) is 10.8. The van der Waals surface area contributed by atoms with Crippen LogP contribution in [0, 0.1) is 11.3 Å². The second-order valence-electron chi connectivity index (χ2n) is 4.10. The Labute approximate surface area is 105 Å². The molecule has 18 heavy (non-hydrogen) atoms. The number of nitrogens with zero attached hydrogens (tertiary/aromatic N) is 3. The minimum Gasteiger partial charge on any atom is -0.326 e. The third-order valence-electron chi connectivity index (χ3n) is 2.97. The largest absolute Gasteiger partial charge is 0.326 e. The molecule has 1 aromatic carbocycles. The molecule has 1 aromatic heterocycles. The maximum atomic E-state index is 12.3. The highest BCUT2D eigenvalue weighted by molar-refractivity contribution is 6.06. The number of aromatic nitrogens is 1. The number of fused-ring (bicyclic) bond motifs is 1. The lowest BCUT2D eigenvalue weighted by Gasteiger charge is -2.20. The number of amides is 1. The van der Waals surface area contributed by atoms with E-state index >= 15 is 0 Å². The van der Waals surface area contributed by atoms with E-state index in [1.54, 1.807) is 26.2 Å². The Bertz CT molecular complexity index is 625. The first-order chi connectivity index (χ1) is 8.65. The molecule has 1 unspecified atom stereocenters. The molecule has 90 valence electrons. The molecule has 1 amide bonds. The highest BCUT2D eigenvalue weighted by Crippen LogP contribution is 2.18. The molecule has 0 aliphatic carbocycles. The van der Waals surface area contributed by atoms with Crippen LogP contribution in [0.2, 0.25) is 0 Å². The summed E-state index contributed by atoms with van der Waals surface area (Å²) >= 11 is 0. The standard InChI is InChI=1S/C14H13N3O/c1-10(9-15)17(2)14(18)12-7-8-16-13-6-4-3-5-11(12)13/h3-8,10H,1-2H3. The summed E-state index contributed by atoms with van der Waals surface area (Å²) in [7, 11) is 1.63. The van der Waals surface area contributed by atoms with Crippen molar-refractivity contribution in [1.29, 1.82) is 5.26 Å². The number of carbonyl (C=O) groups is 1. The second kappa shape index (κ2) is 4.84. The number of rotatable bonds is 2. The Balaban J connectivity index is 2.49. The fraction of sp³-hybridized carbons (Fsp3) is 0.214. The van der Waals surface area contributed by atoms with E-state index in [0.717, 1.165) is 10.9 Å². The highest BCUT2D eigenvalue weighted by Gasteiger charge is 2.18. The molecule has 4 heteroatoms. The van der Waals surface area contributed by atoms with Crippen molar-refractivity contribution in [3.63, 3.8) is 0 Å². The quantitative estimate of drug-likeness (QED) is 0.807. The summed E-state index contributed by atoms with van der Waals surface area (Å²) in [5, 5.41) is 9.67. The zero-order valence-electron chi connectivity index (χ0n) is 10.3. The molecule has 0 spiro atoms. The number of carbonyl (C=O) groups excluding carboxylic acids is 1. The lowest BCUT2D eigenvalue weighted by molar-refractivity contribution is 0.0775. The Kier molecular flexibility index (Phi) is 3.24. The Morgan fingerprint density at radius 1 is 1.39 bits per heavy atom. The van der Waals surface area contributed by atoms with Gasteiger partial charge in [-0.05, 0) is 19.1 Å². The molecule has 1 atom stereocenters. The highest BCUT2D eigenvalue weighted by atomic mass is 16.2. The van der Waals surface area contributed by atoms with Gasteiger partial charge < -0.3 is 4.90 Å². The molecule has 0 bridgehead atoms. The molecule has 0 aliphatic rings. The lowest BCUT2D eigenvalue weighted by Crippen LogP contribution is -2.34. The third-order valence-corrected chi connectivity index (χ3v) is 2.97. The van der Waals surface area contributed by atoms with Gasteiger partial charge in [-0.15, -0.1) is 0 Å². The van der Waals surface area contributed by atoms with Crippen LogP contribution in [0.1, 0.15) is 17.3 Å². The van der Waals surface area contributed by atoms with Gasteiger partial charge in [-0.2, -0.15) is 5.26 Å². The molecule has 2 aromatic rings. The first-order valence-corrected chi connectivity index (χ1v) is 5.65. The van der Waals surface area contributed by atoms with E-state index < -0.39 is 6.04 Å². The molecule has 0 fully saturated rings. The number of hydrogen-bond donors (Lipinski definition) is 0. The molecular formula is C14H13N3O. The summed E-state index contributed by atoms with van der Waals surface area (Å²) in [6.07, 6.45) is 1.61. The van der Waals surface area contributed by atoms with E-state index in [1.807, 2.05) is 24.3 Å². The van der Waals surface area contributed by atoms with Crippen LogP contribution in [0.25, 0.3) is 10.9 Å². The smallest absolute Gasteiger partial charge is 0.255 e. The van der Waals surface area contributed by atoms with Crippen LogP contribution in [-0.4, -0.2) is 28.9 Å². The van der Waals surface area contributed by atoms with Crippen molar-refractivity contribution in [2.24, 2.45) is 0 Å². The van der Waals surface area contributed by atoms with E-state index in [1.165, 1.54) is 4.90 Å². The molecule has 2 rings (SSSR count). The average molecular weight is 239 g/mol. The number of pyridine rings is 1. The van der Waals surface area contributed by atoms with Crippen molar-refractivity contribution in [3.8, 4) is 6.07 Å². The lowest BCUT2D eigenvalue weighted by atomic mass is 10.1. The molecule has 0 saturated carbocycles. The predicted molar refractivity (Wildman–Crippen MR) is 68.9 cm³/mol. The molecule has 0 saturated heterocycles. The molecular weight excluding hydrogens is 226 g/mol. The van der Waals surface area contributed by atoms with Gasteiger partial charge in [0.1, 0.15) is 6.04 Å². The van der Waals surface area contributed by atoms with Gasteiger partial charge >= 0.3 is 0 Å². The van der Waals surface area contributed by atoms with Crippen LogP contribution < -0.4 is 0 Å². The van der Waals surface area contributed by atoms with Crippen molar-refractivity contribution < 1.29 is 4.79 Å². The van der Waals surface area contributed by atoms with E-state index in [9.17, 15) is 4.79 Å². The third kappa shape index (κ3) is 2.03. The van der Waals surface area contributed by atoms with Gasteiger partial charge in [-0.3, -0.25) is 9.78 Å². The summed E-state index contributed by atoms with van der Waals surface area (Å²) in [5.74, 6) is -0.164. The van der Waals surface area contributed by atoms with Gasteiger partial charge in [-0.1, -0.05) is 18.2 Å². The maximum Gasteiger partial charge on any atom is 0.255 e. The Morgan fingerprint density at radius 2 is 2.11 bits per heavy atom. The van der Waals surface area contributed by atoms with E-state index in [4.69, 9.17) is 5.26 Å².